The second-order valence-corrected chi connectivity index (χ2v) is 3.79. The molecule has 2 atom stereocenters. The summed E-state index contributed by atoms with van der Waals surface area (Å²) in [5.74, 6) is -0.343. The first-order valence-corrected chi connectivity index (χ1v) is 4.96. The number of nitriles is 1. The molecule has 76 valence electrons. The number of halogens is 1. The van der Waals surface area contributed by atoms with E-state index in [-0.39, 0.29) is 12.0 Å². The molecule has 0 saturated carbocycles. The fourth-order valence-corrected chi connectivity index (χ4v) is 1.82. The Morgan fingerprint density at radius 3 is 2.87 bits per heavy atom. The summed E-state index contributed by atoms with van der Waals surface area (Å²) in [7, 11) is 0. The molecule has 1 heterocycles. The molecule has 1 aromatic rings. The van der Waals surface area contributed by atoms with Crippen molar-refractivity contribution in [2.75, 3.05) is 0 Å². The van der Waals surface area contributed by atoms with Gasteiger partial charge in [-0.25, -0.2) is 0 Å². The highest BCUT2D eigenvalue weighted by Crippen LogP contribution is 2.35. The molecule has 1 aliphatic rings. The van der Waals surface area contributed by atoms with Crippen molar-refractivity contribution >= 4 is 17.3 Å². The molecule has 3 nitrogen and oxygen atoms in total. The van der Waals surface area contributed by atoms with E-state index in [0.29, 0.717) is 10.7 Å². The Kier molecular flexibility index (Phi) is 2.61. The van der Waals surface area contributed by atoms with Crippen molar-refractivity contribution in [2.45, 2.75) is 13.0 Å². The molecule has 0 aromatic heterocycles. The molecule has 0 bridgehead atoms. The second-order valence-electron chi connectivity index (χ2n) is 3.39. The molecule has 2 rings (SSSR count). The van der Waals surface area contributed by atoms with Gasteiger partial charge in [-0.3, -0.25) is 0 Å². The fraction of sp³-hybridized carbons (Fsp3) is 0.273. The van der Waals surface area contributed by atoms with Gasteiger partial charge in [-0.1, -0.05) is 35.0 Å². The van der Waals surface area contributed by atoms with Gasteiger partial charge < -0.3 is 4.84 Å². The zero-order valence-electron chi connectivity index (χ0n) is 8.14. The first-order chi connectivity index (χ1) is 7.24. The maximum absolute atomic E-state index is 9.01. The van der Waals surface area contributed by atoms with Crippen LogP contribution in [0.25, 0.3) is 0 Å². The zero-order valence-corrected chi connectivity index (χ0v) is 8.90. The van der Waals surface area contributed by atoms with Crippen LogP contribution in [-0.2, 0) is 4.84 Å². The second kappa shape index (κ2) is 3.92. The largest absolute Gasteiger partial charge is 0.386 e. The molecule has 0 radical (unpaired) electrons. The lowest BCUT2D eigenvalue weighted by Crippen LogP contribution is -2.13. The molecule has 0 spiro atoms. The molecular weight excluding hydrogens is 212 g/mol. The van der Waals surface area contributed by atoms with Crippen LogP contribution in [0.2, 0.25) is 5.02 Å². The lowest BCUT2D eigenvalue weighted by atomic mass is 9.94. The minimum atomic E-state index is -0.372. The van der Waals surface area contributed by atoms with E-state index in [1.54, 1.807) is 13.0 Å². The summed E-state index contributed by atoms with van der Waals surface area (Å²) in [4.78, 5) is 5.22. The van der Waals surface area contributed by atoms with E-state index in [0.717, 1.165) is 5.56 Å². The SMILES string of the molecule is CC1=NO[C@H](c2ccccc2Cl)[C@H]1C#N. The van der Waals surface area contributed by atoms with Crippen molar-refractivity contribution in [3.8, 4) is 6.07 Å². The molecule has 0 unspecified atom stereocenters. The maximum Gasteiger partial charge on any atom is 0.175 e. The molecule has 0 saturated heterocycles. The minimum Gasteiger partial charge on any atom is -0.386 e. The van der Waals surface area contributed by atoms with Gasteiger partial charge in [-0.2, -0.15) is 5.26 Å². The standard InChI is InChI=1S/C11H9ClN2O/c1-7-9(6-13)11(15-14-7)8-4-2-3-5-10(8)12/h2-5,9,11H,1H3/t9-,11+/m0/s1. The van der Waals surface area contributed by atoms with Gasteiger partial charge in [0.25, 0.3) is 0 Å². The Hall–Kier alpha value is -1.53. The number of oxime groups is 1. The lowest BCUT2D eigenvalue weighted by molar-refractivity contribution is 0.0722. The predicted octanol–water partition coefficient (Wildman–Crippen LogP) is 2.93. The van der Waals surface area contributed by atoms with Gasteiger partial charge in [0.05, 0.1) is 11.8 Å². The first-order valence-electron chi connectivity index (χ1n) is 4.58. The summed E-state index contributed by atoms with van der Waals surface area (Å²) in [5, 5.41) is 13.4. The highest BCUT2D eigenvalue weighted by atomic mass is 35.5. The van der Waals surface area contributed by atoms with Gasteiger partial charge >= 0.3 is 0 Å². The van der Waals surface area contributed by atoms with E-state index < -0.39 is 0 Å². The molecule has 1 aliphatic heterocycles. The minimum absolute atomic E-state index is 0.343. The van der Waals surface area contributed by atoms with Gasteiger partial charge in [0.15, 0.2) is 6.10 Å². The van der Waals surface area contributed by atoms with Crippen molar-refractivity contribution in [1.82, 2.24) is 0 Å². The van der Waals surface area contributed by atoms with Crippen molar-refractivity contribution in [1.29, 1.82) is 5.26 Å². The van der Waals surface area contributed by atoms with Crippen LogP contribution in [-0.4, -0.2) is 5.71 Å². The van der Waals surface area contributed by atoms with Crippen molar-refractivity contribution in [2.24, 2.45) is 11.1 Å². The van der Waals surface area contributed by atoms with E-state index in [9.17, 15) is 0 Å². The van der Waals surface area contributed by atoms with Crippen molar-refractivity contribution < 1.29 is 4.84 Å². The fourth-order valence-electron chi connectivity index (χ4n) is 1.58. The van der Waals surface area contributed by atoms with Crippen LogP contribution in [0, 0.1) is 17.2 Å². The third-order valence-electron chi connectivity index (χ3n) is 2.41. The van der Waals surface area contributed by atoms with Gasteiger partial charge in [-0.15, -0.1) is 0 Å². The van der Waals surface area contributed by atoms with Crippen LogP contribution >= 0.6 is 11.6 Å². The molecule has 15 heavy (non-hydrogen) atoms. The molecular formula is C11H9ClN2O. The highest BCUT2D eigenvalue weighted by molar-refractivity contribution is 6.31. The number of nitrogens with zero attached hydrogens (tertiary/aromatic N) is 2. The van der Waals surface area contributed by atoms with Gasteiger partial charge in [0, 0.05) is 10.6 Å². The summed E-state index contributed by atoms with van der Waals surface area (Å²) in [5.41, 5.74) is 1.51. The molecule has 0 aliphatic carbocycles. The van der Waals surface area contributed by atoms with Gasteiger partial charge in [0.1, 0.15) is 5.92 Å². The van der Waals surface area contributed by atoms with Gasteiger partial charge in [-0.05, 0) is 13.0 Å². The quantitative estimate of drug-likeness (QED) is 0.731. The highest BCUT2D eigenvalue weighted by Gasteiger charge is 2.34. The van der Waals surface area contributed by atoms with E-state index in [1.165, 1.54) is 0 Å². The number of benzene rings is 1. The van der Waals surface area contributed by atoms with E-state index in [2.05, 4.69) is 11.2 Å². The Labute approximate surface area is 92.9 Å². The summed E-state index contributed by atoms with van der Waals surface area (Å²) in [6, 6.07) is 9.52. The smallest absolute Gasteiger partial charge is 0.175 e. The summed E-state index contributed by atoms with van der Waals surface area (Å²) in [6.07, 6.45) is -0.372. The summed E-state index contributed by atoms with van der Waals surface area (Å²) in [6.45, 7) is 1.78. The van der Waals surface area contributed by atoms with Crippen LogP contribution in [0.1, 0.15) is 18.6 Å². The van der Waals surface area contributed by atoms with Crippen molar-refractivity contribution in [3.63, 3.8) is 0 Å². The first kappa shape index (κ1) is 10.0. The monoisotopic (exact) mass is 220 g/mol. The summed E-state index contributed by atoms with van der Waals surface area (Å²) >= 11 is 6.03. The number of hydrogen-bond acceptors (Lipinski definition) is 3. The number of rotatable bonds is 1. The van der Waals surface area contributed by atoms with Crippen molar-refractivity contribution in [3.05, 3.63) is 34.9 Å². The molecule has 0 fully saturated rings. The average Bonchev–Trinajstić information content (AvgIpc) is 2.60. The van der Waals surface area contributed by atoms with Crippen LogP contribution < -0.4 is 0 Å². The van der Waals surface area contributed by atoms with Crippen LogP contribution in [0.5, 0.6) is 0 Å². The summed E-state index contributed by atoms with van der Waals surface area (Å²) < 4.78 is 0. The Morgan fingerprint density at radius 1 is 1.47 bits per heavy atom. The average molecular weight is 221 g/mol. The van der Waals surface area contributed by atoms with Crippen LogP contribution in [0.15, 0.2) is 29.4 Å². The van der Waals surface area contributed by atoms with E-state index in [1.807, 2.05) is 18.2 Å². The molecule has 4 heteroatoms. The number of hydrogen-bond donors (Lipinski definition) is 0. The molecule has 1 aromatic carbocycles. The maximum atomic E-state index is 9.01. The van der Waals surface area contributed by atoms with Crippen LogP contribution in [0.4, 0.5) is 0 Å². The van der Waals surface area contributed by atoms with Gasteiger partial charge in [0.2, 0.25) is 0 Å². The Balaban J connectivity index is 2.35. The molecule has 0 N–H and O–H groups in total. The van der Waals surface area contributed by atoms with E-state index >= 15 is 0 Å². The Morgan fingerprint density at radius 2 is 2.20 bits per heavy atom. The van der Waals surface area contributed by atoms with E-state index in [4.69, 9.17) is 21.7 Å². The predicted molar refractivity (Wildman–Crippen MR) is 57.5 cm³/mol. The lowest BCUT2D eigenvalue weighted by Gasteiger charge is -2.13. The third kappa shape index (κ3) is 1.69. The topological polar surface area (TPSA) is 45.4 Å². The Bertz CT molecular complexity index is 450. The normalized spacial score (nSPS) is 24.2. The van der Waals surface area contributed by atoms with Crippen LogP contribution in [0.3, 0.4) is 0 Å². The zero-order chi connectivity index (χ0) is 10.8. The molecule has 0 amide bonds. The third-order valence-corrected chi connectivity index (χ3v) is 2.76.